The minimum Gasteiger partial charge on any atom is -0.357 e. The second-order valence-electron chi connectivity index (χ2n) is 8.47. The molecule has 2 saturated heterocycles. The minimum absolute atomic E-state index is 0.302. The second-order valence-corrected chi connectivity index (χ2v) is 8.47. The summed E-state index contributed by atoms with van der Waals surface area (Å²) in [6.07, 6.45) is 8.07. The van der Waals surface area contributed by atoms with Crippen LogP contribution in [0.15, 0.2) is 29.3 Å². The summed E-state index contributed by atoms with van der Waals surface area (Å²) in [6.45, 7) is 9.67. The Labute approximate surface area is 182 Å². The van der Waals surface area contributed by atoms with Gasteiger partial charge in [0.1, 0.15) is 0 Å². The Morgan fingerprint density at radius 2 is 1.83 bits per heavy atom. The van der Waals surface area contributed by atoms with Crippen molar-refractivity contribution in [3.8, 4) is 0 Å². The van der Waals surface area contributed by atoms with Gasteiger partial charge in [0.25, 0.3) is 0 Å². The van der Waals surface area contributed by atoms with Crippen LogP contribution >= 0.6 is 0 Å². The van der Waals surface area contributed by atoms with E-state index in [1.54, 1.807) is 0 Å². The second kappa shape index (κ2) is 12.6. The molecule has 1 amide bonds. The van der Waals surface area contributed by atoms with Gasteiger partial charge in [-0.25, -0.2) is 4.99 Å². The quantitative estimate of drug-likeness (QED) is 0.371. The number of nitrogens with zero attached hydrogens (tertiary/aromatic N) is 3. The van der Waals surface area contributed by atoms with Crippen molar-refractivity contribution in [1.82, 2.24) is 20.4 Å². The predicted molar refractivity (Wildman–Crippen MR) is 123 cm³/mol. The first kappa shape index (κ1) is 22.6. The fourth-order valence-corrected chi connectivity index (χ4v) is 4.31. The van der Waals surface area contributed by atoms with Crippen molar-refractivity contribution in [3.63, 3.8) is 0 Å². The van der Waals surface area contributed by atoms with E-state index in [2.05, 4.69) is 46.7 Å². The number of benzene rings is 1. The molecular weight excluding hydrogens is 374 g/mol. The summed E-state index contributed by atoms with van der Waals surface area (Å²) >= 11 is 0. The zero-order valence-corrected chi connectivity index (χ0v) is 18.7. The number of nitrogens with one attached hydrogen (secondary N) is 2. The number of carbonyl (C=O) groups excluding carboxylic acids is 1. The van der Waals surface area contributed by atoms with Crippen LogP contribution in [0, 0.1) is 0 Å². The average molecular weight is 414 g/mol. The molecule has 0 unspecified atom stereocenters. The van der Waals surface area contributed by atoms with Gasteiger partial charge >= 0.3 is 0 Å². The number of amides is 1. The lowest BCUT2D eigenvalue weighted by molar-refractivity contribution is -0.127. The Kier molecular flexibility index (Phi) is 9.48. The Hall–Kier alpha value is -2.08. The van der Waals surface area contributed by atoms with E-state index in [0.717, 1.165) is 51.5 Å². The highest BCUT2D eigenvalue weighted by Gasteiger charge is 2.18. The summed E-state index contributed by atoms with van der Waals surface area (Å²) < 4.78 is 0. The summed E-state index contributed by atoms with van der Waals surface area (Å²) in [5, 5.41) is 6.74. The van der Waals surface area contributed by atoms with Crippen molar-refractivity contribution in [2.24, 2.45) is 4.99 Å². The van der Waals surface area contributed by atoms with Crippen LogP contribution in [0.25, 0.3) is 0 Å². The smallest absolute Gasteiger partial charge is 0.222 e. The van der Waals surface area contributed by atoms with Crippen LogP contribution in [0.2, 0.25) is 0 Å². The molecule has 6 heteroatoms. The third kappa shape index (κ3) is 7.63. The third-order valence-corrected chi connectivity index (χ3v) is 5.93. The highest BCUT2D eigenvalue weighted by atomic mass is 16.2. The van der Waals surface area contributed by atoms with Gasteiger partial charge in [-0.1, -0.05) is 37.1 Å². The van der Waals surface area contributed by atoms with Gasteiger partial charge in [0.2, 0.25) is 5.91 Å². The van der Waals surface area contributed by atoms with E-state index in [0.29, 0.717) is 18.9 Å². The van der Waals surface area contributed by atoms with Crippen LogP contribution in [0.3, 0.4) is 0 Å². The highest BCUT2D eigenvalue weighted by molar-refractivity contribution is 5.79. The zero-order chi connectivity index (χ0) is 21.0. The first-order valence-corrected chi connectivity index (χ1v) is 11.8. The Morgan fingerprint density at radius 3 is 2.57 bits per heavy atom. The average Bonchev–Trinajstić information content (AvgIpc) is 2.98. The molecule has 1 aromatic carbocycles. The number of hydrogen-bond acceptors (Lipinski definition) is 3. The molecule has 0 radical (unpaired) electrons. The summed E-state index contributed by atoms with van der Waals surface area (Å²) in [7, 11) is 0. The summed E-state index contributed by atoms with van der Waals surface area (Å²) in [6, 6.07) is 8.86. The first-order chi connectivity index (χ1) is 14.7. The van der Waals surface area contributed by atoms with Crippen LogP contribution in [0.5, 0.6) is 0 Å². The van der Waals surface area contributed by atoms with Crippen molar-refractivity contribution in [2.75, 3.05) is 39.3 Å². The fraction of sp³-hybridized carbons (Fsp3) is 0.667. The van der Waals surface area contributed by atoms with E-state index in [9.17, 15) is 4.79 Å². The van der Waals surface area contributed by atoms with E-state index < -0.39 is 0 Å². The van der Waals surface area contributed by atoms with Crippen LogP contribution < -0.4 is 10.6 Å². The lowest BCUT2D eigenvalue weighted by Gasteiger charge is -2.20. The highest BCUT2D eigenvalue weighted by Crippen LogP contribution is 2.15. The topological polar surface area (TPSA) is 60.0 Å². The number of aliphatic imine (C=N–C) groups is 1. The lowest BCUT2D eigenvalue weighted by Crippen LogP contribution is -2.39. The van der Waals surface area contributed by atoms with Crippen molar-refractivity contribution >= 4 is 11.9 Å². The maximum Gasteiger partial charge on any atom is 0.222 e. The number of carbonyl (C=O) groups is 1. The molecular formula is C24H39N5O. The molecule has 2 heterocycles. The van der Waals surface area contributed by atoms with E-state index in [1.165, 1.54) is 49.9 Å². The predicted octanol–water partition coefficient (Wildman–Crippen LogP) is 3.13. The molecule has 0 saturated carbocycles. The molecule has 30 heavy (non-hydrogen) atoms. The van der Waals surface area contributed by atoms with Crippen LogP contribution in [-0.4, -0.2) is 60.9 Å². The molecule has 0 spiro atoms. The van der Waals surface area contributed by atoms with Gasteiger partial charge in [0.05, 0.1) is 6.54 Å². The molecule has 0 aromatic heterocycles. The molecule has 2 fully saturated rings. The Morgan fingerprint density at radius 1 is 1.03 bits per heavy atom. The summed E-state index contributed by atoms with van der Waals surface area (Å²) in [5.74, 6) is 1.15. The largest absolute Gasteiger partial charge is 0.357 e. The molecule has 2 N–H and O–H groups in total. The number of hydrogen-bond donors (Lipinski definition) is 2. The molecule has 166 valence electrons. The molecule has 3 rings (SSSR count). The maximum atomic E-state index is 11.7. The van der Waals surface area contributed by atoms with Crippen molar-refractivity contribution < 1.29 is 4.79 Å². The molecule has 1 aromatic rings. The van der Waals surface area contributed by atoms with Crippen LogP contribution in [0.1, 0.15) is 63.0 Å². The SMILES string of the molecule is CCNC(=NCc1cccc(CN2CCCCCC2)c1)NCCCN1CCCC1=O. The monoisotopic (exact) mass is 413 g/mol. The molecule has 0 atom stereocenters. The van der Waals surface area contributed by atoms with Crippen LogP contribution in [0.4, 0.5) is 0 Å². The van der Waals surface area contributed by atoms with E-state index >= 15 is 0 Å². The zero-order valence-electron chi connectivity index (χ0n) is 18.7. The van der Waals surface area contributed by atoms with Crippen molar-refractivity contribution in [3.05, 3.63) is 35.4 Å². The van der Waals surface area contributed by atoms with E-state index in [4.69, 9.17) is 4.99 Å². The van der Waals surface area contributed by atoms with Gasteiger partial charge in [0, 0.05) is 39.1 Å². The number of likely N-dealkylation sites (tertiary alicyclic amines) is 2. The molecule has 6 nitrogen and oxygen atoms in total. The van der Waals surface area contributed by atoms with Gasteiger partial charge in [-0.05, 0) is 56.8 Å². The standard InChI is InChI=1S/C24H39N5O/c1-2-25-24(26-13-9-17-29-16-8-12-23(29)30)27-19-21-10-7-11-22(18-21)20-28-14-5-3-4-6-15-28/h7,10-11,18H,2-6,8-9,12-17,19-20H2,1H3,(H2,25,26,27). The fourth-order valence-electron chi connectivity index (χ4n) is 4.31. The normalized spacial score (nSPS) is 18.5. The van der Waals surface area contributed by atoms with Gasteiger partial charge in [-0.3, -0.25) is 9.69 Å². The number of rotatable bonds is 9. The van der Waals surface area contributed by atoms with Gasteiger partial charge in [-0.15, -0.1) is 0 Å². The Bertz CT molecular complexity index is 682. The maximum absolute atomic E-state index is 11.7. The first-order valence-electron chi connectivity index (χ1n) is 11.8. The minimum atomic E-state index is 0.302. The van der Waals surface area contributed by atoms with E-state index in [-0.39, 0.29) is 0 Å². The molecule has 0 bridgehead atoms. The van der Waals surface area contributed by atoms with Gasteiger partial charge in [-0.2, -0.15) is 0 Å². The molecule has 0 aliphatic carbocycles. The Balaban J connectivity index is 1.46. The molecule has 2 aliphatic rings. The summed E-state index contributed by atoms with van der Waals surface area (Å²) in [4.78, 5) is 21.0. The van der Waals surface area contributed by atoms with Crippen molar-refractivity contribution in [1.29, 1.82) is 0 Å². The lowest BCUT2D eigenvalue weighted by atomic mass is 10.1. The third-order valence-electron chi connectivity index (χ3n) is 5.93. The number of guanidine groups is 1. The van der Waals surface area contributed by atoms with Gasteiger partial charge < -0.3 is 15.5 Å². The summed E-state index contributed by atoms with van der Waals surface area (Å²) in [5.41, 5.74) is 2.64. The van der Waals surface area contributed by atoms with Crippen molar-refractivity contribution in [2.45, 2.75) is 65.0 Å². The molecule has 2 aliphatic heterocycles. The van der Waals surface area contributed by atoms with Crippen LogP contribution in [-0.2, 0) is 17.9 Å². The van der Waals surface area contributed by atoms with Gasteiger partial charge in [0.15, 0.2) is 5.96 Å². The van der Waals surface area contributed by atoms with E-state index in [1.807, 2.05) is 4.90 Å².